The normalized spacial score (nSPS) is 10.9. The monoisotopic (exact) mass is 429 g/mol. The Labute approximate surface area is 154 Å². The first-order valence-corrected chi connectivity index (χ1v) is 9.22. The van der Waals surface area contributed by atoms with Crippen LogP contribution in [0.25, 0.3) is 0 Å². The van der Waals surface area contributed by atoms with Crippen molar-refractivity contribution in [3.05, 3.63) is 46.4 Å². The molecule has 25 heavy (non-hydrogen) atoms. The second-order valence-electron chi connectivity index (χ2n) is 4.81. The first-order chi connectivity index (χ1) is 11.8. The van der Waals surface area contributed by atoms with Gasteiger partial charge in [0.15, 0.2) is 11.5 Å². The highest BCUT2D eigenvalue weighted by Crippen LogP contribution is 2.31. The molecule has 2 rings (SSSR count). The van der Waals surface area contributed by atoms with Gasteiger partial charge in [0.05, 0.1) is 32.6 Å². The molecule has 7 nitrogen and oxygen atoms in total. The number of rotatable bonds is 6. The summed E-state index contributed by atoms with van der Waals surface area (Å²) < 4.78 is 43.3. The van der Waals surface area contributed by atoms with Gasteiger partial charge in [-0.3, -0.25) is 4.72 Å². The lowest BCUT2D eigenvalue weighted by atomic mass is 10.2. The maximum absolute atomic E-state index is 12.7. The summed E-state index contributed by atoms with van der Waals surface area (Å²) >= 11 is 3.21. The summed E-state index contributed by atoms with van der Waals surface area (Å²) in [7, 11) is 0.0765. The highest BCUT2D eigenvalue weighted by Gasteiger charge is 2.24. The maximum Gasteiger partial charge on any atom is 0.339 e. The van der Waals surface area contributed by atoms with E-state index in [0.29, 0.717) is 16.0 Å². The van der Waals surface area contributed by atoms with Crippen LogP contribution in [0, 0.1) is 0 Å². The lowest BCUT2D eigenvalue weighted by molar-refractivity contribution is 0.0596. The zero-order valence-corrected chi connectivity index (χ0v) is 16.1. The average Bonchev–Trinajstić information content (AvgIpc) is 2.60. The van der Waals surface area contributed by atoms with Crippen LogP contribution in [0.4, 0.5) is 5.69 Å². The third-order valence-corrected chi connectivity index (χ3v) is 5.20. The summed E-state index contributed by atoms with van der Waals surface area (Å²) in [6.07, 6.45) is 0. The van der Waals surface area contributed by atoms with Gasteiger partial charge < -0.3 is 14.2 Å². The molecule has 0 unspecified atom stereocenters. The topological polar surface area (TPSA) is 90.9 Å². The number of sulfonamides is 1. The molecule has 0 saturated carbocycles. The van der Waals surface area contributed by atoms with E-state index in [9.17, 15) is 13.2 Å². The Kier molecular flexibility index (Phi) is 5.91. The molecular formula is C16H16BrNO6S. The van der Waals surface area contributed by atoms with Crippen LogP contribution in [0.2, 0.25) is 0 Å². The standard InChI is InChI=1S/C16H16BrNO6S/c1-22-13-6-5-11(9-14(13)23-2)18-25(20,21)15-7-4-10(17)8-12(15)16(19)24-3/h4-9,18H,1-3H3. The molecule has 0 heterocycles. The van der Waals surface area contributed by atoms with Gasteiger partial charge in [0, 0.05) is 10.5 Å². The molecule has 0 fully saturated rings. The summed E-state index contributed by atoms with van der Waals surface area (Å²) in [4.78, 5) is 11.7. The Balaban J connectivity index is 2.45. The van der Waals surface area contributed by atoms with E-state index in [2.05, 4.69) is 25.4 Å². The third kappa shape index (κ3) is 4.23. The smallest absolute Gasteiger partial charge is 0.339 e. The van der Waals surface area contributed by atoms with Crippen molar-refractivity contribution in [2.75, 3.05) is 26.1 Å². The lowest BCUT2D eigenvalue weighted by Crippen LogP contribution is -2.17. The minimum Gasteiger partial charge on any atom is -0.493 e. The molecule has 134 valence electrons. The number of esters is 1. The number of halogens is 1. The van der Waals surface area contributed by atoms with Gasteiger partial charge in [-0.25, -0.2) is 13.2 Å². The average molecular weight is 430 g/mol. The van der Waals surface area contributed by atoms with Crippen molar-refractivity contribution < 1.29 is 27.4 Å². The summed E-state index contributed by atoms with van der Waals surface area (Å²) in [5, 5.41) is 0. The molecule has 0 spiro atoms. The summed E-state index contributed by atoms with van der Waals surface area (Å²) in [6, 6.07) is 8.80. The van der Waals surface area contributed by atoms with E-state index in [1.807, 2.05) is 0 Å². The fourth-order valence-electron chi connectivity index (χ4n) is 2.12. The fraction of sp³-hybridized carbons (Fsp3) is 0.188. The molecule has 2 aromatic carbocycles. The maximum atomic E-state index is 12.7. The fourth-order valence-corrected chi connectivity index (χ4v) is 3.70. The largest absolute Gasteiger partial charge is 0.493 e. The Morgan fingerprint density at radius 1 is 1.00 bits per heavy atom. The van der Waals surface area contributed by atoms with Crippen molar-refractivity contribution >= 4 is 37.6 Å². The lowest BCUT2D eigenvalue weighted by Gasteiger charge is -2.13. The Morgan fingerprint density at radius 2 is 1.68 bits per heavy atom. The van der Waals surface area contributed by atoms with Gasteiger partial charge in [0.2, 0.25) is 0 Å². The quantitative estimate of drug-likeness (QED) is 0.709. The van der Waals surface area contributed by atoms with Gasteiger partial charge in [-0.15, -0.1) is 0 Å². The number of anilines is 1. The second kappa shape index (κ2) is 7.75. The predicted molar refractivity (Wildman–Crippen MR) is 95.8 cm³/mol. The number of hydrogen-bond donors (Lipinski definition) is 1. The molecule has 0 aliphatic rings. The van der Waals surface area contributed by atoms with Gasteiger partial charge in [0.25, 0.3) is 10.0 Å². The molecule has 0 aliphatic carbocycles. The highest BCUT2D eigenvalue weighted by atomic mass is 79.9. The Hall–Kier alpha value is -2.26. The minimum atomic E-state index is -4.03. The molecular weight excluding hydrogens is 414 g/mol. The number of carbonyl (C=O) groups is 1. The number of ether oxygens (including phenoxy) is 3. The number of nitrogens with one attached hydrogen (secondary N) is 1. The van der Waals surface area contributed by atoms with Crippen molar-refractivity contribution in [2.24, 2.45) is 0 Å². The number of methoxy groups -OCH3 is 3. The minimum absolute atomic E-state index is 0.0788. The first kappa shape index (κ1) is 19.1. The molecule has 0 bridgehead atoms. The van der Waals surface area contributed by atoms with Crippen molar-refractivity contribution in [1.29, 1.82) is 0 Å². The van der Waals surface area contributed by atoms with Gasteiger partial charge in [-0.05, 0) is 30.3 Å². The van der Waals surface area contributed by atoms with Crippen molar-refractivity contribution in [2.45, 2.75) is 4.90 Å². The van der Waals surface area contributed by atoms with E-state index in [0.717, 1.165) is 0 Å². The number of hydrogen-bond acceptors (Lipinski definition) is 6. The van der Waals surface area contributed by atoms with Gasteiger partial charge in [-0.2, -0.15) is 0 Å². The molecule has 0 radical (unpaired) electrons. The number of benzene rings is 2. The van der Waals surface area contributed by atoms with Crippen molar-refractivity contribution in [3.63, 3.8) is 0 Å². The van der Waals surface area contributed by atoms with Crippen LogP contribution in [0.5, 0.6) is 11.5 Å². The molecule has 1 N–H and O–H groups in total. The van der Waals surface area contributed by atoms with Gasteiger partial charge >= 0.3 is 5.97 Å². The van der Waals surface area contributed by atoms with Crippen LogP contribution in [-0.2, 0) is 14.8 Å². The van der Waals surface area contributed by atoms with E-state index < -0.39 is 16.0 Å². The van der Waals surface area contributed by atoms with Crippen LogP contribution in [0.1, 0.15) is 10.4 Å². The van der Waals surface area contributed by atoms with Crippen LogP contribution in [-0.4, -0.2) is 35.7 Å². The van der Waals surface area contributed by atoms with Crippen LogP contribution >= 0.6 is 15.9 Å². The SMILES string of the molecule is COC(=O)c1cc(Br)ccc1S(=O)(=O)Nc1ccc(OC)c(OC)c1. The predicted octanol–water partition coefficient (Wildman–Crippen LogP) is 3.05. The summed E-state index contributed by atoms with van der Waals surface area (Å²) in [5.74, 6) is 0.0741. The molecule has 2 aromatic rings. The van der Waals surface area contributed by atoms with Gasteiger partial charge in [-0.1, -0.05) is 15.9 Å². The first-order valence-electron chi connectivity index (χ1n) is 6.95. The molecule has 9 heteroatoms. The summed E-state index contributed by atoms with van der Waals surface area (Å²) in [5.41, 5.74) is 0.182. The molecule has 0 saturated heterocycles. The van der Waals surface area contributed by atoms with Crippen LogP contribution < -0.4 is 14.2 Å². The van der Waals surface area contributed by atoms with Crippen molar-refractivity contribution in [1.82, 2.24) is 0 Å². The van der Waals surface area contributed by atoms with E-state index in [1.54, 1.807) is 6.07 Å². The Morgan fingerprint density at radius 3 is 2.28 bits per heavy atom. The molecule has 0 aliphatic heterocycles. The molecule has 0 amide bonds. The zero-order valence-electron chi connectivity index (χ0n) is 13.7. The van der Waals surface area contributed by atoms with E-state index >= 15 is 0 Å². The third-order valence-electron chi connectivity index (χ3n) is 3.27. The summed E-state index contributed by atoms with van der Waals surface area (Å²) in [6.45, 7) is 0. The second-order valence-corrected chi connectivity index (χ2v) is 7.37. The van der Waals surface area contributed by atoms with E-state index in [4.69, 9.17) is 9.47 Å². The van der Waals surface area contributed by atoms with Crippen LogP contribution in [0.15, 0.2) is 45.8 Å². The van der Waals surface area contributed by atoms with Crippen molar-refractivity contribution in [3.8, 4) is 11.5 Å². The molecule has 0 aromatic heterocycles. The van der Waals surface area contributed by atoms with E-state index in [1.165, 1.54) is 51.7 Å². The van der Waals surface area contributed by atoms with Gasteiger partial charge in [0.1, 0.15) is 4.90 Å². The zero-order chi connectivity index (χ0) is 18.6. The number of carbonyl (C=O) groups excluding carboxylic acids is 1. The molecule has 0 atom stereocenters. The van der Waals surface area contributed by atoms with E-state index in [-0.39, 0.29) is 16.1 Å². The highest BCUT2D eigenvalue weighted by molar-refractivity contribution is 9.10. The van der Waals surface area contributed by atoms with Crippen LogP contribution in [0.3, 0.4) is 0 Å². The Bertz CT molecular complexity index is 897.